The summed E-state index contributed by atoms with van der Waals surface area (Å²) >= 11 is 6.09. The average Bonchev–Trinajstić information content (AvgIpc) is 3.27. The Bertz CT molecular complexity index is 1190. The van der Waals surface area contributed by atoms with Gasteiger partial charge in [0.15, 0.2) is 0 Å². The van der Waals surface area contributed by atoms with Gasteiger partial charge in [0, 0.05) is 34.6 Å². The lowest BCUT2D eigenvalue weighted by Gasteiger charge is -2.15. The molecule has 0 spiro atoms. The predicted molar refractivity (Wildman–Crippen MR) is 117 cm³/mol. The average molecular weight is 441 g/mol. The maximum Gasteiger partial charge on any atom is 0.325 e. The molecule has 1 unspecified atom stereocenters. The van der Waals surface area contributed by atoms with Crippen molar-refractivity contribution in [3.8, 4) is 5.75 Å². The molecule has 0 saturated carbocycles. The quantitative estimate of drug-likeness (QED) is 0.512. The normalized spacial score (nSPS) is 16.0. The van der Waals surface area contributed by atoms with Crippen molar-refractivity contribution in [3.63, 3.8) is 0 Å². The molecule has 8 nitrogen and oxygen atoms in total. The van der Waals surface area contributed by atoms with Crippen LogP contribution in [0.25, 0.3) is 10.9 Å². The van der Waals surface area contributed by atoms with E-state index >= 15 is 0 Å². The molecule has 31 heavy (non-hydrogen) atoms. The van der Waals surface area contributed by atoms with Crippen LogP contribution in [0.2, 0.25) is 5.02 Å². The summed E-state index contributed by atoms with van der Waals surface area (Å²) in [5.74, 6) is -0.570. The summed E-state index contributed by atoms with van der Waals surface area (Å²) in [5, 5.41) is 6.84. The molecule has 1 fully saturated rings. The lowest BCUT2D eigenvalue weighted by Crippen LogP contribution is -2.38. The monoisotopic (exact) mass is 440 g/mol. The van der Waals surface area contributed by atoms with Crippen molar-refractivity contribution in [1.29, 1.82) is 0 Å². The third kappa shape index (κ3) is 4.06. The Labute approximate surface area is 183 Å². The minimum Gasteiger partial charge on any atom is -0.495 e. The van der Waals surface area contributed by atoms with Gasteiger partial charge in [-0.15, -0.1) is 0 Å². The topological polar surface area (TPSA) is 104 Å². The second-order valence-corrected chi connectivity index (χ2v) is 7.75. The number of nitrogens with one attached hydrogen (secondary N) is 3. The zero-order chi connectivity index (χ0) is 22.1. The first-order chi connectivity index (χ1) is 14.9. The molecule has 3 N–H and O–H groups in total. The minimum absolute atomic E-state index is 0.330. The predicted octanol–water partition coefficient (Wildman–Crippen LogP) is 3.24. The number of urea groups is 1. The molecule has 0 aliphatic carbocycles. The van der Waals surface area contributed by atoms with E-state index in [2.05, 4.69) is 15.6 Å². The van der Waals surface area contributed by atoms with Gasteiger partial charge in [-0.25, -0.2) is 4.79 Å². The molecule has 0 radical (unpaired) electrons. The fourth-order valence-corrected chi connectivity index (χ4v) is 3.80. The number of aromatic nitrogens is 1. The Balaban J connectivity index is 1.45. The van der Waals surface area contributed by atoms with Crippen LogP contribution in [0, 0.1) is 6.92 Å². The molecule has 160 valence electrons. The Hall–Kier alpha value is -3.52. The molecular formula is C22H21ClN4O4. The fraction of sp³-hybridized carbons (Fsp3) is 0.227. The van der Waals surface area contributed by atoms with Crippen LogP contribution in [0.3, 0.4) is 0 Å². The lowest BCUT2D eigenvalue weighted by molar-refractivity contribution is -0.130. The number of hydrogen-bond acceptors (Lipinski definition) is 4. The van der Waals surface area contributed by atoms with E-state index in [1.54, 1.807) is 19.1 Å². The number of carbonyl (C=O) groups is 3. The second-order valence-electron chi connectivity index (χ2n) is 7.34. The van der Waals surface area contributed by atoms with E-state index in [4.69, 9.17) is 16.3 Å². The van der Waals surface area contributed by atoms with Gasteiger partial charge >= 0.3 is 6.03 Å². The molecule has 1 aromatic heterocycles. The molecule has 2 aromatic carbocycles. The van der Waals surface area contributed by atoms with Crippen molar-refractivity contribution in [1.82, 2.24) is 15.2 Å². The zero-order valence-electron chi connectivity index (χ0n) is 17.0. The highest BCUT2D eigenvalue weighted by Crippen LogP contribution is 2.31. The lowest BCUT2D eigenvalue weighted by atomic mass is 10.1. The third-order valence-corrected chi connectivity index (χ3v) is 5.67. The molecule has 0 bridgehead atoms. The summed E-state index contributed by atoms with van der Waals surface area (Å²) in [6.45, 7) is 1.39. The number of hydrogen-bond donors (Lipinski definition) is 3. The number of benzene rings is 2. The van der Waals surface area contributed by atoms with Crippen molar-refractivity contribution in [2.24, 2.45) is 0 Å². The van der Waals surface area contributed by atoms with Crippen LogP contribution in [0.15, 0.2) is 42.6 Å². The summed E-state index contributed by atoms with van der Waals surface area (Å²) in [7, 11) is 1.46. The van der Waals surface area contributed by atoms with Crippen molar-refractivity contribution >= 4 is 46.0 Å². The van der Waals surface area contributed by atoms with E-state index in [1.165, 1.54) is 7.11 Å². The number of rotatable bonds is 6. The van der Waals surface area contributed by atoms with E-state index in [9.17, 15) is 14.4 Å². The number of aryl methyl sites for hydroxylation is 1. The van der Waals surface area contributed by atoms with Crippen LogP contribution < -0.4 is 15.4 Å². The number of H-pyrrole nitrogens is 1. The molecule has 3 aromatic rings. The highest BCUT2D eigenvalue weighted by Gasteiger charge is 2.39. The molecule has 9 heteroatoms. The largest absolute Gasteiger partial charge is 0.495 e. The molecule has 4 amide bonds. The molecule has 4 rings (SSSR count). The van der Waals surface area contributed by atoms with Crippen LogP contribution >= 0.6 is 11.6 Å². The summed E-state index contributed by atoms with van der Waals surface area (Å²) < 4.78 is 5.24. The summed E-state index contributed by atoms with van der Waals surface area (Å²) in [6, 6.07) is 9.67. The number of halogens is 1. The van der Waals surface area contributed by atoms with Gasteiger partial charge in [-0.2, -0.15) is 0 Å². The number of imide groups is 1. The van der Waals surface area contributed by atoms with Gasteiger partial charge in [0.1, 0.15) is 18.3 Å². The molecule has 1 aliphatic heterocycles. The Morgan fingerprint density at radius 1 is 1.26 bits per heavy atom. The van der Waals surface area contributed by atoms with Crippen molar-refractivity contribution in [3.05, 3.63) is 58.7 Å². The van der Waals surface area contributed by atoms with Gasteiger partial charge in [-0.05, 0) is 30.2 Å². The van der Waals surface area contributed by atoms with Gasteiger partial charge in [-0.1, -0.05) is 29.8 Å². The second kappa shape index (κ2) is 8.31. The van der Waals surface area contributed by atoms with Gasteiger partial charge in [0.25, 0.3) is 5.91 Å². The first-order valence-corrected chi connectivity index (χ1v) is 10.1. The Morgan fingerprint density at radius 3 is 2.81 bits per heavy atom. The maximum absolute atomic E-state index is 12.8. The SMILES string of the molecule is COc1cc(Cl)c(C)cc1NC(=O)CN1C(=O)NC(Cc2c[nH]c3ccccc23)C1=O. The first-order valence-electron chi connectivity index (χ1n) is 9.68. The first kappa shape index (κ1) is 20.7. The van der Waals surface area contributed by atoms with Crippen molar-refractivity contribution in [2.75, 3.05) is 19.0 Å². The Morgan fingerprint density at radius 2 is 2.03 bits per heavy atom. The number of para-hydroxylation sites is 1. The smallest absolute Gasteiger partial charge is 0.325 e. The van der Waals surface area contributed by atoms with Crippen LogP contribution in [0.5, 0.6) is 5.75 Å². The maximum atomic E-state index is 12.8. The summed E-state index contributed by atoms with van der Waals surface area (Å²) in [5.41, 5.74) is 3.04. The number of amides is 4. The highest BCUT2D eigenvalue weighted by atomic mass is 35.5. The number of carbonyl (C=O) groups excluding carboxylic acids is 3. The molecular weight excluding hydrogens is 420 g/mol. The van der Waals surface area contributed by atoms with Crippen molar-refractivity contribution in [2.45, 2.75) is 19.4 Å². The van der Waals surface area contributed by atoms with Crippen LogP contribution in [-0.4, -0.2) is 47.4 Å². The number of ether oxygens (including phenoxy) is 1. The third-order valence-electron chi connectivity index (χ3n) is 5.26. The minimum atomic E-state index is -0.730. The standard InChI is InChI=1S/C22H21ClN4O4/c1-12-7-17(19(31-2)9-15(12)23)25-20(28)11-27-21(29)18(26-22(27)30)8-13-10-24-16-6-4-3-5-14(13)16/h3-7,9-10,18,24H,8,11H2,1-2H3,(H,25,28)(H,26,30). The highest BCUT2D eigenvalue weighted by molar-refractivity contribution is 6.31. The molecule has 1 saturated heterocycles. The van der Waals surface area contributed by atoms with E-state index in [0.717, 1.165) is 26.9 Å². The van der Waals surface area contributed by atoms with Crippen LogP contribution in [0.1, 0.15) is 11.1 Å². The van der Waals surface area contributed by atoms with E-state index < -0.39 is 30.4 Å². The van der Waals surface area contributed by atoms with Crippen LogP contribution in [0.4, 0.5) is 10.5 Å². The Kier molecular flexibility index (Phi) is 5.56. The zero-order valence-corrected chi connectivity index (χ0v) is 17.7. The summed E-state index contributed by atoms with van der Waals surface area (Å²) in [6.07, 6.45) is 2.16. The number of fused-ring (bicyclic) bond motifs is 1. The van der Waals surface area contributed by atoms with Gasteiger partial charge in [0.05, 0.1) is 12.8 Å². The molecule has 1 atom stereocenters. The number of nitrogens with zero attached hydrogens (tertiary/aromatic N) is 1. The van der Waals surface area contributed by atoms with Gasteiger partial charge in [0.2, 0.25) is 5.91 Å². The number of anilines is 1. The van der Waals surface area contributed by atoms with E-state index in [-0.39, 0.29) is 0 Å². The van der Waals surface area contributed by atoms with Crippen molar-refractivity contribution < 1.29 is 19.1 Å². The number of methoxy groups -OCH3 is 1. The fourth-order valence-electron chi connectivity index (χ4n) is 3.65. The molecule has 2 heterocycles. The van der Waals surface area contributed by atoms with Crippen LogP contribution in [-0.2, 0) is 16.0 Å². The molecule has 1 aliphatic rings. The number of aromatic amines is 1. The van der Waals surface area contributed by atoms with Gasteiger partial charge < -0.3 is 20.4 Å². The van der Waals surface area contributed by atoms with Gasteiger partial charge in [-0.3, -0.25) is 14.5 Å². The van der Waals surface area contributed by atoms with E-state index in [1.807, 2.05) is 30.5 Å². The summed E-state index contributed by atoms with van der Waals surface area (Å²) in [4.78, 5) is 41.8. The van der Waals surface area contributed by atoms with E-state index in [0.29, 0.717) is 22.9 Å².